The van der Waals surface area contributed by atoms with Crippen molar-refractivity contribution in [3.63, 3.8) is 0 Å². The van der Waals surface area contributed by atoms with Gasteiger partial charge in [0.05, 0.1) is 5.02 Å². The second-order valence-corrected chi connectivity index (χ2v) is 5.05. The van der Waals surface area contributed by atoms with Crippen LogP contribution in [0, 0.1) is 0 Å². The van der Waals surface area contributed by atoms with Gasteiger partial charge in [0.15, 0.2) is 0 Å². The summed E-state index contributed by atoms with van der Waals surface area (Å²) in [5.74, 6) is 0.743. The molecule has 0 aromatic carbocycles. The summed E-state index contributed by atoms with van der Waals surface area (Å²) in [6.45, 7) is 5.97. The smallest absolute Gasteiger partial charge is 0.224 e. The minimum atomic E-state index is 0.140. The highest BCUT2D eigenvalue weighted by atomic mass is 79.9. The Hall–Kier alpha value is -0.810. The van der Waals surface area contributed by atoms with Gasteiger partial charge in [-0.05, 0) is 35.8 Å². The van der Waals surface area contributed by atoms with E-state index in [-0.39, 0.29) is 5.91 Å². The van der Waals surface area contributed by atoms with Crippen molar-refractivity contribution in [3.8, 4) is 0 Å². The summed E-state index contributed by atoms with van der Waals surface area (Å²) in [6, 6.07) is 1.77. The van der Waals surface area contributed by atoms with Crippen LogP contribution < -0.4 is 5.32 Å². The molecule has 0 saturated heterocycles. The molecule has 0 fully saturated rings. The maximum atomic E-state index is 11.8. The molecular weight excluding hydrogens is 318 g/mol. The molecule has 1 N–H and O–H groups in total. The van der Waals surface area contributed by atoms with Crippen LogP contribution >= 0.6 is 27.5 Å². The quantitative estimate of drug-likeness (QED) is 0.869. The highest BCUT2D eigenvalue weighted by molar-refractivity contribution is 9.10. The number of rotatable bonds is 6. The Bertz CT molecular complexity index is 410. The van der Waals surface area contributed by atoms with E-state index in [1.54, 1.807) is 17.2 Å². The third-order valence-electron chi connectivity index (χ3n) is 2.56. The summed E-state index contributed by atoms with van der Waals surface area (Å²) in [6.07, 6.45) is 2.11. The number of carbonyl (C=O) groups excluding carboxylic acids is 1. The molecule has 100 valence electrons. The van der Waals surface area contributed by atoms with Gasteiger partial charge in [-0.25, -0.2) is 4.98 Å². The van der Waals surface area contributed by atoms with Crippen molar-refractivity contribution in [2.75, 3.05) is 25.0 Å². The highest BCUT2D eigenvalue weighted by Crippen LogP contribution is 2.22. The van der Waals surface area contributed by atoms with Gasteiger partial charge in [0.1, 0.15) is 5.82 Å². The average Bonchev–Trinajstić information content (AvgIpc) is 2.33. The topological polar surface area (TPSA) is 45.2 Å². The van der Waals surface area contributed by atoms with Crippen LogP contribution in [0.25, 0.3) is 0 Å². The van der Waals surface area contributed by atoms with Crippen molar-refractivity contribution in [1.82, 2.24) is 9.88 Å². The van der Waals surface area contributed by atoms with Crippen LogP contribution in [0.2, 0.25) is 5.02 Å². The molecule has 0 saturated carbocycles. The van der Waals surface area contributed by atoms with E-state index in [1.807, 2.05) is 13.8 Å². The number of aromatic nitrogens is 1. The molecule has 0 radical (unpaired) electrons. The molecule has 0 atom stereocenters. The third-order valence-corrected chi connectivity index (χ3v) is 3.28. The van der Waals surface area contributed by atoms with Crippen molar-refractivity contribution in [1.29, 1.82) is 0 Å². The predicted octanol–water partition coefficient (Wildman–Crippen LogP) is 3.17. The Kier molecular flexibility index (Phi) is 6.43. The summed E-state index contributed by atoms with van der Waals surface area (Å²) in [7, 11) is 0. The third kappa shape index (κ3) is 4.46. The lowest BCUT2D eigenvalue weighted by Crippen LogP contribution is -2.31. The van der Waals surface area contributed by atoms with E-state index in [4.69, 9.17) is 11.6 Å². The molecule has 1 heterocycles. The molecule has 0 bridgehead atoms. The Morgan fingerprint density at radius 1 is 1.50 bits per heavy atom. The van der Waals surface area contributed by atoms with Crippen molar-refractivity contribution in [2.24, 2.45) is 0 Å². The molecule has 1 amide bonds. The molecule has 18 heavy (non-hydrogen) atoms. The molecule has 0 spiro atoms. The molecule has 6 heteroatoms. The van der Waals surface area contributed by atoms with E-state index in [0.717, 1.165) is 17.6 Å². The van der Waals surface area contributed by atoms with E-state index in [0.29, 0.717) is 23.8 Å². The van der Waals surface area contributed by atoms with Crippen LogP contribution in [0.3, 0.4) is 0 Å². The van der Waals surface area contributed by atoms with Gasteiger partial charge in [0, 0.05) is 36.7 Å². The Morgan fingerprint density at radius 2 is 2.17 bits per heavy atom. The Morgan fingerprint density at radius 3 is 2.72 bits per heavy atom. The number of nitrogens with zero attached hydrogens (tertiary/aromatic N) is 2. The van der Waals surface area contributed by atoms with Crippen molar-refractivity contribution < 1.29 is 4.79 Å². The zero-order valence-electron chi connectivity index (χ0n) is 10.5. The number of carbonyl (C=O) groups is 1. The second-order valence-electron chi connectivity index (χ2n) is 3.73. The minimum Gasteiger partial charge on any atom is -0.368 e. The van der Waals surface area contributed by atoms with E-state index in [1.165, 1.54) is 0 Å². The van der Waals surface area contributed by atoms with E-state index >= 15 is 0 Å². The lowest BCUT2D eigenvalue weighted by Gasteiger charge is -2.18. The highest BCUT2D eigenvalue weighted by Gasteiger charge is 2.09. The first-order valence-corrected chi connectivity index (χ1v) is 7.08. The van der Waals surface area contributed by atoms with Crippen molar-refractivity contribution >= 4 is 39.3 Å². The van der Waals surface area contributed by atoms with E-state index in [9.17, 15) is 4.79 Å². The molecule has 0 aliphatic heterocycles. The first kappa shape index (κ1) is 15.2. The lowest BCUT2D eigenvalue weighted by molar-refractivity contribution is -0.130. The molecular formula is C12H17BrClN3O. The fraction of sp³-hybridized carbons (Fsp3) is 0.500. The Labute approximate surface area is 121 Å². The summed E-state index contributed by atoms with van der Waals surface area (Å²) >= 11 is 9.30. The zero-order chi connectivity index (χ0) is 13.5. The first-order valence-electron chi connectivity index (χ1n) is 5.91. The van der Waals surface area contributed by atoms with E-state index in [2.05, 4.69) is 26.2 Å². The van der Waals surface area contributed by atoms with Gasteiger partial charge in [0.25, 0.3) is 0 Å². The monoisotopic (exact) mass is 333 g/mol. The molecule has 0 aliphatic carbocycles. The number of pyridine rings is 1. The standard InChI is InChI=1S/C12H17BrClN3O/c1-3-17(4-2)11(18)5-6-15-12-10(14)7-9(13)8-16-12/h7-8H,3-6H2,1-2H3,(H,15,16). The fourth-order valence-electron chi connectivity index (χ4n) is 1.57. The van der Waals surface area contributed by atoms with Gasteiger partial charge < -0.3 is 10.2 Å². The van der Waals surface area contributed by atoms with Gasteiger partial charge >= 0.3 is 0 Å². The number of hydrogen-bond donors (Lipinski definition) is 1. The first-order chi connectivity index (χ1) is 8.58. The number of hydrogen-bond acceptors (Lipinski definition) is 3. The van der Waals surface area contributed by atoms with Crippen LogP contribution in [-0.2, 0) is 4.79 Å². The second kappa shape index (κ2) is 7.59. The summed E-state index contributed by atoms with van der Waals surface area (Å²) in [5, 5.41) is 3.60. The van der Waals surface area contributed by atoms with E-state index < -0.39 is 0 Å². The summed E-state index contributed by atoms with van der Waals surface area (Å²) in [4.78, 5) is 17.7. The van der Waals surface area contributed by atoms with Crippen molar-refractivity contribution in [3.05, 3.63) is 21.8 Å². The van der Waals surface area contributed by atoms with Gasteiger partial charge in [-0.2, -0.15) is 0 Å². The molecule has 1 aromatic heterocycles. The molecule has 1 rings (SSSR count). The predicted molar refractivity (Wildman–Crippen MR) is 78.0 cm³/mol. The number of halogens is 2. The number of anilines is 1. The van der Waals surface area contributed by atoms with Crippen LogP contribution in [0.15, 0.2) is 16.7 Å². The average molecular weight is 335 g/mol. The molecule has 4 nitrogen and oxygen atoms in total. The van der Waals surface area contributed by atoms with Crippen LogP contribution in [0.4, 0.5) is 5.82 Å². The van der Waals surface area contributed by atoms with Gasteiger partial charge in [-0.3, -0.25) is 4.79 Å². The van der Waals surface area contributed by atoms with Crippen molar-refractivity contribution in [2.45, 2.75) is 20.3 Å². The number of nitrogens with one attached hydrogen (secondary N) is 1. The largest absolute Gasteiger partial charge is 0.368 e. The normalized spacial score (nSPS) is 10.2. The van der Waals surface area contributed by atoms with Crippen LogP contribution in [-0.4, -0.2) is 35.4 Å². The van der Waals surface area contributed by atoms with Crippen LogP contribution in [0.5, 0.6) is 0 Å². The number of amides is 1. The summed E-state index contributed by atoms with van der Waals surface area (Å²) < 4.78 is 0.831. The minimum absolute atomic E-state index is 0.140. The SMILES string of the molecule is CCN(CC)C(=O)CCNc1ncc(Br)cc1Cl. The fourth-order valence-corrected chi connectivity index (χ4v) is 2.26. The van der Waals surface area contributed by atoms with Crippen LogP contribution in [0.1, 0.15) is 20.3 Å². The van der Waals surface area contributed by atoms with Gasteiger partial charge in [0.2, 0.25) is 5.91 Å². The van der Waals surface area contributed by atoms with Gasteiger partial charge in [-0.1, -0.05) is 11.6 Å². The maximum absolute atomic E-state index is 11.8. The molecule has 0 unspecified atom stereocenters. The van der Waals surface area contributed by atoms with Gasteiger partial charge in [-0.15, -0.1) is 0 Å². The molecule has 0 aliphatic rings. The maximum Gasteiger partial charge on any atom is 0.224 e. The summed E-state index contributed by atoms with van der Waals surface area (Å²) in [5.41, 5.74) is 0. The molecule has 1 aromatic rings. The lowest BCUT2D eigenvalue weighted by atomic mass is 10.3. The zero-order valence-corrected chi connectivity index (χ0v) is 12.9. The Balaban J connectivity index is 2.44.